The Morgan fingerprint density at radius 3 is 2.37 bits per heavy atom. The van der Waals surface area contributed by atoms with E-state index >= 15 is 0 Å². The molecule has 0 unspecified atom stereocenters. The summed E-state index contributed by atoms with van der Waals surface area (Å²) in [6.45, 7) is 1.89. The van der Waals surface area contributed by atoms with Crippen LogP contribution in [0.2, 0.25) is 0 Å². The number of nitro groups is 1. The van der Waals surface area contributed by atoms with E-state index in [1.807, 2.05) is 30.3 Å². The monoisotopic (exact) mass is 363 g/mol. The van der Waals surface area contributed by atoms with Gasteiger partial charge in [0.1, 0.15) is 5.75 Å². The highest BCUT2D eigenvalue weighted by atomic mass is 16.6. The first kappa shape index (κ1) is 18.1. The van der Waals surface area contributed by atoms with Gasteiger partial charge in [0.25, 0.3) is 5.69 Å². The Hall–Kier alpha value is -3.67. The molecule has 0 saturated carbocycles. The zero-order chi connectivity index (χ0) is 19.4. The van der Waals surface area contributed by atoms with Gasteiger partial charge in [0.2, 0.25) is 0 Å². The van der Waals surface area contributed by atoms with Crippen molar-refractivity contribution in [2.45, 2.75) is 6.92 Å². The number of carbonyl (C=O) groups excluding carboxylic acids is 1. The molecule has 0 aliphatic heterocycles. The summed E-state index contributed by atoms with van der Waals surface area (Å²) in [7, 11) is 0. The van der Waals surface area contributed by atoms with Gasteiger partial charge in [0, 0.05) is 11.6 Å². The number of benzene rings is 3. The lowest BCUT2D eigenvalue weighted by Gasteiger charge is -2.14. The summed E-state index contributed by atoms with van der Waals surface area (Å²) >= 11 is 0. The SMILES string of the molecule is CCOC(=O)c1cc(O)c(-c2ccccc2[N+](=O)[O-])c(-c2ccccc2)c1. The second kappa shape index (κ2) is 7.70. The largest absolute Gasteiger partial charge is 0.507 e. The molecule has 0 heterocycles. The molecule has 27 heavy (non-hydrogen) atoms. The Morgan fingerprint density at radius 1 is 1.04 bits per heavy atom. The first-order valence-corrected chi connectivity index (χ1v) is 8.36. The number of esters is 1. The van der Waals surface area contributed by atoms with Gasteiger partial charge in [-0.1, -0.05) is 42.5 Å². The molecule has 3 aromatic carbocycles. The molecular weight excluding hydrogens is 346 g/mol. The number of hydrogen-bond acceptors (Lipinski definition) is 5. The molecule has 6 heteroatoms. The van der Waals surface area contributed by atoms with Crippen molar-refractivity contribution < 1.29 is 19.6 Å². The van der Waals surface area contributed by atoms with Gasteiger partial charge in [-0.05, 0) is 36.2 Å². The van der Waals surface area contributed by atoms with Gasteiger partial charge in [-0.2, -0.15) is 0 Å². The predicted molar refractivity (Wildman–Crippen MR) is 102 cm³/mol. The van der Waals surface area contributed by atoms with E-state index in [-0.39, 0.29) is 29.2 Å². The Labute approximate surface area is 155 Å². The van der Waals surface area contributed by atoms with Crippen molar-refractivity contribution in [3.05, 3.63) is 82.4 Å². The number of aromatic hydroxyl groups is 1. The van der Waals surface area contributed by atoms with Crippen molar-refractivity contribution in [1.29, 1.82) is 0 Å². The highest BCUT2D eigenvalue weighted by molar-refractivity contribution is 5.98. The van der Waals surface area contributed by atoms with Crippen molar-refractivity contribution in [3.63, 3.8) is 0 Å². The molecule has 136 valence electrons. The molecule has 0 atom stereocenters. The molecule has 0 bridgehead atoms. The molecule has 0 aromatic heterocycles. The van der Waals surface area contributed by atoms with Crippen LogP contribution in [-0.2, 0) is 4.74 Å². The zero-order valence-corrected chi connectivity index (χ0v) is 14.6. The maximum atomic E-state index is 12.2. The van der Waals surface area contributed by atoms with Crippen LogP contribution in [0.1, 0.15) is 17.3 Å². The fraction of sp³-hybridized carbons (Fsp3) is 0.0952. The molecule has 0 radical (unpaired) electrons. The van der Waals surface area contributed by atoms with E-state index in [4.69, 9.17) is 4.74 Å². The standard InChI is InChI=1S/C21H17NO5/c1-2-27-21(24)15-12-17(14-8-4-3-5-9-14)20(19(23)13-15)16-10-6-7-11-18(16)22(25)26/h3-13,23H,2H2,1H3. The topological polar surface area (TPSA) is 89.7 Å². The van der Waals surface area contributed by atoms with Crippen LogP contribution in [0.15, 0.2) is 66.7 Å². The number of rotatable bonds is 5. The summed E-state index contributed by atoms with van der Waals surface area (Å²) in [6, 6.07) is 18.1. The van der Waals surface area contributed by atoms with Crippen LogP contribution in [0.25, 0.3) is 22.3 Å². The fourth-order valence-electron chi connectivity index (χ4n) is 2.93. The van der Waals surface area contributed by atoms with E-state index in [0.717, 1.165) is 0 Å². The second-order valence-corrected chi connectivity index (χ2v) is 5.78. The van der Waals surface area contributed by atoms with Gasteiger partial charge in [-0.25, -0.2) is 4.79 Å². The number of nitro benzene ring substituents is 1. The van der Waals surface area contributed by atoms with Crippen LogP contribution < -0.4 is 0 Å². The van der Waals surface area contributed by atoms with Crippen LogP contribution in [0.3, 0.4) is 0 Å². The molecule has 0 aliphatic carbocycles. The minimum absolute atomic E-state index is 0.131. The first-order chi connectivity index (χ1) is 13.0. The molecule has 0 aliphatic rings. The summed E-state index contributed by atoms with van der Waals surface area (Å²) in [6.07, 6.45) is 0. The maximum absolute atomic E-state index is 12.2. The third-order valence-electron chi connectivity index (χ3n) is 4.08. The number of phenolic OH excluding ortho intramolecular Hbond substituents is 1. The van der Waals surface area contributed by atoms with Crippen LogP contribution in [-0.4, -0.2) is 22.6 Å². The van der Waals surface area contributed by atoms with Gasteiger partial charge in [0.05, 0.1) is 22.7 Å². The lowest BCUT2D eigenvalue weighted by Crippen LogP contribution is -2.05. The van der Waals surface area contributed by atoms with Crippen LogP contribution in [0.4, 0.5) is 5.69 Å². The fourth-order valence-corrected chi connectivity index (χ4v) is 2.93. The Morgan fingerprint density at radius 2 is 1.70 bits per heavy atom. The molecule has 0 fully saturated rings. The lowest BCUT2D eigenvalue weighted by atomic mass is 9.91. The average Bonchev–Trinajstić information content (AvgIpc) is 2.68. The number of ether oxygens (including phenoxy) is 1. The quantitative estimate of drug-likeness (QED) is 0.399. The van der Waals surface area contributed by atoms with Crippen molar-refractivity contribution in [1.82, 2.24) is 0 Å². The van der Waals surface area contributed by atoms with Crippen LogP contribution >= 0.6 is 0 Å². The summed E-state index contributed by atoms with van der Waals surface area (Å²) in [5.74, 6) is -0.798. The number of para-hydroxylation sites is 1. The van der Waals surface area contributed by atoms with Gasteiger partial charge in [-0.15, -0.1) is 0 Å². The normalized spacial score (nSPS) is 10.4. The lowest BCUT2D eigenvalue weighted by molar-refractivity contribution is -0.384. The van der Waals surface area contributed by atoms with E-state index in [9.17, 15) is 20.0 Å². The van der Waals surface area contributed by atoms with Gasteiger partial charge >= 0.3 is 5.97 Å². The molecule has 0 saturated heterocycles. The van der Waals surface area contributed by atoms with E-state index in [1.165, 1.54) is 12.1 Å². The van der Waals surface area contributed by atoms with E-state index < -0.39 is 10.9 Å². The predicted octanol–water partition coefficient (Wildman–Crippen LogP) is 4.81. The van der Waals surface area contributed by atoms with Gasteiger partial charge in [-0.3, -0.25) is 10.1 Å². The highest BCUT2D eigenvalue weighted by Crippen LogP contribution is 2.43. The molecule has 0 amide bonds. The van der Waals surface area contributed by atoms with Crippen molar-refractivity contribution in [3.8, 4) is 28.0 Å². The highest BCUT2D eigenvalue weighted by Gasteiger charge is 2.23. The van der Waals surface area contributed by atoms with Crippen molar-refractivity contribution >= 4 is 11.7 Å². The van der Waals surface area contributed by atoms with E-state index in [1.54, 1.807) is 31.2 Å². The van der Waals surface area contributed by atoms with Gasteiger partial charge < -0.3 is 9.84 Å². The molecule has 3 aromatic rings. The second-order valence-electron chi connectivity index (χ2n) is 5.78. The van der Waals surface area contributed by atoms with Crippen LogP contribution in [0, 0.1) is 10.1 Å². The number of carbonyl (C=O) groups is 1. The minimum atomic E-state index is -0.570. The number of hydrogen-bond donors (Lipinski definition) is 1. The summed E-state index contributed by atoms with van der Waals surface area (Å²) in [5, 5.41) is 22.1. The van der Waals surface area contributed by atoms with E-state index in [2.05, 4.69) is 0 Å². The smallest absolute Gasteiger partial charge is 0.338 e. The Kier molecular flexibility index (Phi) is 5.17. The first-order valence-electron chi connectivity index (χ1n) is 8.36. The van der Waals surface area contributed by atoms with E-state index in [0.29, 0.717) is 16.7 Å². The Balaban J connectivity index is 2.31. The maximum Gasteiger partial charge on any atom is 0.338 e. The molecule has 1 N–H and O–H groups in total. The van der Waals surface area contributed by atoms with Gasteiger partial charge in [0.15, 0.2) is 0 Å². The third kappa shape index (κ3) is 3.64. The molecule has 6 nitrogen and oxygen atoms in total. The van der Waals surface area contributed by atoms with Crippen molar-refractivity contribution in [2.75, 3.05) is 6.61 Å². The minimum Gasteiger partial charge on any atom is -0.507 e. The summed E-state index contributed by atoms with van der Waals surface area (Å²) < 4.78 is 5.02. The van der Waals surface area contributed by atoms with Crippen LogP contribution in [0.5, 0.6) is 5.75 Å². The molecular formula is C21H17NO5. The molecule has 0 spiro atoms. The zero-order valence-electron chi connectivity index (χ0n) is 14.6. The summed E-state index contributed by atoms with van der Waals surface area (Å²) in [5.41, 5.74) is 1.83. The third-order valence-corrected chi connectivity index (χ3v) is 4.08. The number of nitrogens with zero attached hydrogens (tertiary/aromatic N) is 1. The molecule has 3 rings (SSSR count). The summed E-state index contributed by atoms with van der Waals surface area (Å²) in [4.78, 5) is 23.1. The number of phenols is 1. The van der Waals surface area contributed by atoms with Crippen molar-refractivity contribution in [2.24, 2.45) is 0 Å². The average molecular weight is 363 g/mol. The Bertz CT molecular complexity index is 999.